The normalized spacial score (nSPS) is 12.1. The molecule has 100 valence electrons. The van der Waals surface area contributed by atoms with Crippen LogP contribution in [0.25, 0.3) is 0 Å². The van der Waals surface area contributed by atoms with Crippen LogP contribution >= 0.6 is 15.9 Å². The van der Waals surface area contributed by atoms with E-state index in [4.69, 9.17) is 4.74 Å². The van der Waals surface area contributed by atoms with Crippen molar-refractivity contribution >= 4 is 15.9 Å². The third kappa shape index (κ3) is 4.65. The molecule has 0 aliphatic heterocycles. The Hall–Kier alpha value is -1.39. The molecule has 0 amide bonds. The van der Waals surface area contributed by atoms with Crippen molar-refractivity contribution in [1.82, 2.24) is 10.3 Å². The highest BCUT2D eigenvalue weighted by Gasteiger charge is 2.09. The molecule has 1 heterocycles. The van der Waals surface area contributed by atoms with Crippen molar-refractivity contribution in [1.29, 1.82) is 0 Å². The maximum Gasteiger partial charge on any atom is 0.119 e. The Labute approximate surface area is 122 Å². The van der Waals surface area contributed by atoms with Gasteiger partial charge in [-0.05, 0) is 53.2 Å². The largest absolute Gasteiger partial charge is 0.492 e. The number of nitrogens with one attached hydrogen (secondary N) is 1. The molecule has 1 aromatic carbocycles. The molecular weight excluding hydrogens is 304 g/mol. The van der Waals surface area contributed by atoms with Crippen LogP contribution in [-0.4, -0.2) is 24.7 Å². The number of benzene rings is 1. The van der Waals surface area contributed by atoms with E-state index in [-0.39, 0.29) is 6.04 Å². The van der Waals surface area contributed by atoms with Crippen LogP contribution < -0.4 is 10.1 Å². The number of para-hydroxylation sites is 1. The molecule has 1 atom stereocenters. The minimum atomic E-state index is 0.260. The molecule has 0 aliphatic rings. The third-order valence-electron chi connectivity index (χ3n) is 2.85. The minimum Gasteiger partial charge on any atom is -0.492 e. The zero-order chi connectivity index (χ0) is 13.5. The predicted molar refractivity (Wildman–Crippen MR) is 80.4 cm³/mol. The summed E-state index contributed by atoms with van der Waals surface area (Å²) in [5.41, 5.74) is 1.19. The molecule has 2 rings (SSSR count). The highest BCUT2D eigenvalue weighted by atomic mass is 79.9. The van der Waals surface area contributed by atoms with E-state index in [1.165, 1.54) is 5.56 Å². The summed E-state index contributed by atoms with van der Waals surface area (Å²) in [6.45, 7) is 0.632. The second kappa shape index (κ2) is 7.26. The van der Waals surface area contributed by atoms with Gasteiger partial charge in [-0.25, -0.2) is 0 Å². The van der Waals surface area contributed by atoms with Crippen LogP contribution in [0.15, 0.2) is 53.3 Å². The maximum atomic E-state index is 5.77. The quantitative estimate of drug-likeness (QED) is 0.888. The molecule has 0 spiro atoms. The molecule has 2 aromatic rings. The fourth-order valence-corrected chi connectivity index (χ4v) is 2.22. The smallest absolute Gasteiger partial charge is 0.119 e. The fourth-order valence-electron chi connectivity index (χ4n) is 1.81. The topological polar surface area (TPSA) is 34.1 Å². The standard InChI is InChI=1S/C15H17BrN2O/c1-17-14(8-12-7-13(16)10-18-9-12)11-19-15-5-3-2-4-6-15/h2-7,9-10,14,17H,8,11H2,1H3. The van der Waals surface area contributed by atoms with Gasteiger partial charge in [0.25, 0.3) is 0 Å². The zero-order valence-corrected chi connectivity index (χ0v) is 12.4. The average Bonchev–Trinajstić information content (AvgIpc) is 2.44. The fraction of sp³-hybridized carbons (Fsp3) is 0.267. The first-order valence-electron chi connectivity index (χ1n) is 6.22. The van der Waals surface area contributed by atoms with E-state index in [1.54, 1.807) is 6.20 Å². The van der Waals surface area contributed by atoms with Crippen molar-refractivity contribution in [2.75, 3.05) is 13.7 Å². The number of hydrogen-bond acceptors (Lipinski definition) is 3. The number of nitrogens with zero attached hydrogens (tertiary/aromatic N) is 1. The Bertz CT molecular complexity index is 505. The Kier molecular flexibility index (Phi) is 5.36. The number of hydrogen-bond donors (Lipinski definition) is 1. The van der Waals surface area contributed by atoms with Gasteiger partial charge >= 0.3 is 0 Å². The number of aromatic nitrogens is 1. The first-order valence-corrected chi connectivity index (χ1v) is 7.02. The highest BCUT2D eigenvalue weighted by Crippen LogP contribution is 2.13. The van der Waals surface area contributed by atoms with Crippen molar-refractivity contribution in [3.63, 3.8) is 0 Å². The average molecular weight is 321 g/mol. The summed E-state index contributed by atoms with van der Waals surface area (Å²) in [6, 6.07) is 12.2. The Morgan fingerprint density at radius 2 is 2.05 bits per heavy atom. The maximum absolute atomic E-state index is 5.77. The molecule has 4 heteroatoms. The van der Waals surface area contributed by atoms with E-state index < -0.39 is 0 Å². The van der Waals surface area contributed by atoms with Crippen LogP contribution in [0.1, 0.15) is 5.56 Å². The molecule has 0 saturated heterocycles. The van der Waals surface area contributed by atoms with Gasteiger partial charge in [0.05, 0.1) is 0 Å². The lowest BCUT2D eigenvalue weighted by Crippen LogP contribution is -2.33. The number of rotatable bonds is 6. The van der Waals surface area contributed by atoms with Gasteiger partial charge in [-0.15, -0.1) is 0 Å². The molecule has 0 fully saturated rings. The van der Waals surface area contributed by atoms with Crippen LogP contribution in [0.2, 0.25) is 0 Å². The molecule has 3 nitrogen and oxygen atoms in total. The van der Waals surface area contributed by atoms with Crippen LogP contribution in [-0.2, 0) is 6.42 Å². The van der Waals surface area contributed by atoms with Crippen molar-refractivity contribution in [2.45, 2.75) is 12.5 Å². The highest BCUT2D eigenvalue weighted by molar-refractivity contribution is 9.10. The van der Waals surface area contributed by atoms with E-state index in [9.17, 15) is 0 Å². The summed E-state index contributed by atoms with van der Waals surface area (Å²) in [5, 5.41) is 3.27. The lowest BCUT2D eigenvalue weighted by Gasteiger charge is -2.17. The summed E-state index contributed by atoms with van der Waals surface area (Å²) < 4.78 is 6.77. The van der Waals surface area contributed by atoms with E-state index >= 15 is 0 Å². The molecular formula is C15H17BrN2O. The molecule has 0 radical (unpaired) electrons. The molecule has 1 unspecified atom stereocenters. The predicted octanol–water partition coefficient (Wildman–Crippen LogP) is 3.05. The molecule has 1 aromatic heterocycles. The lowest BCUT2D eigenvalue weighted by atomic mass is 10.1. The van der Waals surface area contributed by atoms with Crippen molar-refractivity contribution in [2.24, 2.45) is 0 Å². The number of halogens is 1. The summed E-state index contributed by atoms with van der Waals surface area (Å²) in [7, 11) is 1.95. The first kappa shape index (κ1) is 14.0. The van der Waals surface area contributed by atoms with Crippen LogP contribution in [0.5, 0.6) is 5.75 Å². The zero-order valence-electron chi connectivity index (χ0n) is 10.8. The van der Waals surface area contributed by atoms with Gasteiger partial charge < -0.3 is 10.1 Å². The second-order valence-corrected chi connectivity index (χ2v) is 5.24. The van der Waals surface area contributed by atoms with Crippen molar-refractivity contribution < 1.29 is 4.74 Å². The monoisotopic (exact) mass is 320 g/mol. The summed E-state index contributed by atoms with van der Waals surface area (Å²) in [6.07, 6.45) is 4.56. The van der Waals surface area contributed by atoms with Gasteiger partial charge in [-0.3, -0.25) is 4.98 Å². The minimum absolute atomic E-state index is 0.260. The van der Waals surface area contributed by atoms with Gasteiger partial charge in [0.15, 0.2) is 0 Å². The van der Waals surface area contributed by atoms with Crippen LogP contribution in [0.4, 0.5) is 0 Å². The van der Waals surface area contributed by atoms with Crippen molar-refractivity contribution in [3.05, 3.63) is 58.8 Å². The van der Waals surface area contributed by atoms with Crippen LogP contribution in [0, 0.1) is 0 Å². The SMILES string of the molecule is CNC(COc1ccccc1)Cc1cncc(Br)c1. The molecule has 0 aliphatic carbocycles. The first-order chi connectivity index (χ1) is 9.28. The third-order valence-corrected chi connectivity index (χ3v) is 3.28. The Morgan fingerprint density at radius 1 is 1.26 bits per heavy atom. The van der Waals surface area contributed by atoms with Crippen LogP contribution in [0.3, 0.4) is 0 Å². The van der Waals surface area contributed by atoms with Gasteiger partial charge in [-0.2, -0.15) is 0 Å². The molecule has 0 bridgehead atoms. The van der Waals surface area contributed by atoms with Gasteiger partial charge in [0, 0.05) is 22.9 Å². The van der Waals surface area contributed by atoms with E-state index in [2.05, 4.69) is 32.3 Å². The van der Waals surface area contributed by atoms with E-state index in [1.807, 2.05) is 43.6 Å². The Balaban J connectivity index is 1.90. The summed E-state index contributed by atoms with van der Waals surface area (Å²) >= 11 is 3.44. The second-order valence-electron chi connectivity index (χ2n) is 4.33. The molecule has 0 saturated carbocycles. The van der Waals surface area contributed by atoms with Gasteiger partial charge in [-0.1, -0.05) is 18.2 Å². The lowest BCUT2D eigenvalue weighted by molar-refractivity contribution is 0.269. The number of pyridine rings is 1. The molecule has 19 heavy (non-hydrogen) atoms. The number of ether oxygens (including phenoxy) is 1. The van der Waals surface area contributed by atoms with Crippen molar-refractivity contribution in [3.8, 4) is 5.75 Å². The van der Waals surface area contributed by atoms with E-state index in [0.29, 0.717) is 6.61 Å². The number of likely N-dealkylation sites (N-methyl/N-ethyl adjacent to an activating group) is 1. The summed E-state index contributed by atoms with van der Waals surface area (Å²) in [4.78, 5) is 4.17. The molecule has 1 N–H and O–H groups in total. The summed E-state index contributed by atoms with van der Waals surface area (Å²) in [5.74, 6) is 0.898. The van der Waals surface area contributed by atoms with Gasteiger partial charge in [0.1, 0.15) is 12.4 Å². The Morgan fingerprint density at radius 3 is 2.74 bits per heavy atom. The van der Waals surface area contributed by atoms with E-state index in [0.717, 1.165) is 16.6 Å². The van der Waals surface area contributed by atoms with Gasteiger partial charge in [0.2, 0.25) is 0 Å².